The highest BCUT2D eigenvalue weighted by Crippen LogP contribution is 2.34. The molecule has 0 unspecified atom stereocenters. The number of hydrogen-bond donors (Lipinski definition) is 2. The summed E-state index contributed by atoms with van der Waals surface area (Å²) in [4.78, 5) is 0. The Kier molecular flexibility index (Phi) is 3.71. The van der Waals surface area contributed by atoms with Crippen molar-refractivity contribution < 1.29 is 14.6 Å². The number of nitrogens with zero attached hydrogens (tertiary/aromatic N) is 2. The minimum Gasteiger partial charge on any atom is -0.504 e. The van der Waals surface area contributed by atoms with Crippen molar-refractivity contribution in [1.29, 1.82) is 0 Å². The van der Waals surface area contributed by atoms with Gasteiger partial charge in [0.25, 0.3) is 0 Å². The molecular formula is C17H17FN2O2. The van der Waals surface area contributed by atoms with Gasteiger partial charge in [-0.15, -0.1) is 0 Å². The van der Waals surface area contributed by atoms with Crippen LogP contribution in [0.5, 0.6) is 11.5 Å². The van der Waals surface area contributed by atoms with Crippen LogP contribution in [0.25, 0.3) is 22.2 Å². The molecule has 5 heteroatoms. The maximum Gasteiger partial charge on any atom is 0.158 e. The van der Waals surface area contributed by atoms with Gasteiger partial charge in [-0.3, -0.25) is 4.68 Å². The number of rotatable bonds is 4. The van der Waals surface area contributed by atoms with Crippen LogP contribution in [0.15, 0.2) is 36.4 Å². The first-order valence-electron chi connectivity index (χ1n) is 7.29. The summed E-state index contributed by atoms with van der Waals surface area (Å²) < 4.78 is 15.9. The van der Waals surface area contributed by atoms with Crippen molar-refractivity contribution in [2.45, 2.75) is 26.3 Å². The Morgan fingerprint density at radius 1 is 1.14 bits per heavy atom. The molecule has 0 aliphatic carbocycles. The molecule has 0 atom stereocenters. The van der Waals surface area contributed by atoms with E-state index in [2.05, 4.69) is 12.0 Å². The zero-order chi connectivity index (χ0) is 15.7. The molecule has 0 saturated carbocycles. The molecule has 3 aromatic rings. The number of para-hydroxylation sites is 1. The van der Waals surface area contributed by atoms with E-state index in [-0.39, 0.29) is 17.3 Å². The average Bonchev–Trinajstić information content (AvgIpc) is 2.88. The SMILES string of the molecule is CCCCn1nc(-c2ccc(O)c(O)c2)c2cccc(F)c21. The lowest BCUT2D eigenvalue weighted by Crippen LogP contribution is -2.01. The number of unbranched alkanes of at least 4 members (excludes halogenated alkanes) is 1. The zero-order valence-electron chi connectivity index (χ0n) is 12.3. The van der Waals surface area contributed by atoms with Crippen LogP contribution >= 0.6 is 0 Å². The summed E-state index contributed by atoms with van der Waals surface area (Å²) >= 11 is 0. The number of aryl methyl sites for hydroxylation is 1. The maximum absolute atomic E-state index is 14.2. The number of benzene rings is 2. The van der Waals surface area contributed by atoms with Crippen LogP contribution in [0.4, 0.5) is 4.39 Å². The van der Waals surface area contributed by atoms with Gasteiger partial charge in [-0.1, -0.05) is 25.5 Å². The molecule has 2 N–H and O–H groups in total. The molecule has 0 saturated heterocycles. The highest BCUT2D eigenvalue weighted by Gasteiger charge is 2.16. The summed E-state index contributed by atoms with van der Waals surface area (Å²) in [7, 11) is 0. The Hall–Kier alpha value is -2.56. The van der Waals surface area contributed by atoms with E-state index in [9.17, 15) is 14.6 Å². The van der Waals surface area contributed by atoms with Crippen LogP contribution in [-0.4, -0.2) is 20.0 Å². The number of aromatic hydroxyl groups is 2. The molecule has 114 valence electrons. The van der Waals surface area contributed by atoms with Crippen molar-refractivity contribution in [3.8, 4) is 22.8 Å². The van der Waals surface area contributed by atoms with Gasteiger partial charge < -0.3 is 10.2 Å². The number of hydrogen-bond acceptors (Lipinski definition) is 3. The summed E-state index contributed by atoms with van der Waals surface area (Å²) in [6, 6.07) is 9.38. The summed E-state index contributed by atoms with van der Waals surface area (Å²) in [5, 5.41) is 24.3. The fourth-order valence-electron chi connectivity index (χ4n) is 2.55. The monoisotopic (exact) mass is 300 g/mol. The Bertz CT molecular complexity index is 827. The molecule has 0 aliphatic rings. The van der Waals surface area contributed by atoms with Gasteiger partial charge in [0.2, 0.25) is 0 Å². The minimum atomic E-state index is -0.310. The quantitative estimate of drug-likeness (QED) is 0.715. The van der Waals surface area contributed by atoms with E-state index in [4.69, 9.17) is 0 Å². The van der Waals surface area contributed by atoms with Gasteiger partial charge in [-0.2, -0.15) is 5.10 Å². The van der Waals surface area contributed by atoms with Crippen LogP contribution in [0, 0.1) is 5.82 Å². The van der Waals surface area contributed by atoms with E-state index < -0.39 is 0 Å². The van der Waals surface area contributed by atoms with E-state index >= 15 is 0 Å². The topological polar surface area (TPSA) is 58.3 Å². The lowest BCUT2D eigenvalue weighted by Gasteiger charge is -2.02. The van der Waals surface area contributed by atoms with Crippen LogP contribution in [-0.2, 0) is 6.54 Å². The summed E-state index contributed by atoms with van der Waals surface area (Å²) in [6.07, 6.45) is 1.90. The van der Waals surface area contributed by atoms with Gasteiger partial charge in [0.1, 0.15) is 17.0 Å². The standard InChI is InChI=1S/C17H17FN2O2/c1-2-3-9-20-17-12(5-4-6-13(17)18)16(19-20)11-7-8-14(21)15(22)10-11/h4-8,10,21-22H,2-3,9H2,1H3. The van der Waals surface area contributed by atoms with E-state index in [1.54, 1.807) is 16.8 Å². The van der Waals surface area contributed by atoms with Gasteiger partial charge in [0, 0.05) is 17.5 Å². The number of halogens is 1. The molecule has 2 aromatic carbocycles. The highest BCUT2D eigenvalue weighted by atomic mass is 19.1. The Balaban J connectivity index is 2.21. The number of aromatic nitrogens is 2. The van der Waals surface area contributed by atoms with Crippen molar-refractivity contribution in [2.75, 3.05) is 0 Å². The Morgan fingerprint density at radius 2 is 1.95 bits per heavy atom. The first kappa shape index (κ1) is 14.4. The van der Waals surface area contributed by atoms with Crippen LogP contribution in [0.1, 0.15) is 19.8 Å². The second kappa shape index (κ2) is 5.67. The summed E-state index contributed by atoms with van der Waals surface area (Å²) in [6.45, 7) is 2.71. The van der Waals surface area contributed by atoms with Gasteiger partial charge in [-0.25, -0.2) is 4.39 Å². The van der Waals surface area contributed by atoms with Crippen molar-refractivity contribution in [3.05, 3.63) is 42.2 Å². The van der Waals surface area contributed by atoms with E-state index in [1.807, 2.05) is 6.07 Å². The van der Waals surface area contributed by atoms with E-state index in [1.165, 1.54) is 18.2 Å². The molecule has 4 nitrogen and oxygen atoms in total. The smallest absolute Gasteiger partial charge is 0.158 e. The van der Waals surface area contributed by atoms with Gasteiger partial charge in [0.05, 0.1) is 0 Å². The predicted molar refractivity (Wildman–Crippen MR) is 83.4 cm³/mol. The molecule has 0 spiro atoms. The second-order valence-corrected chi connectivity index (χ2v) is 5.26. The van der Waals surface area contributed by atoms with Gasteiger partial charge in [-0.05, 0) is 30.7 Å². The molecule has 0 amide bonds. The Morgan fingerprint density at radius 3 is 2.68 bits per heavy atom. The summed E-state index contributed by atoms with van der Waals surface area (Å²) in [5.41, 5.74) is 1.71. The number of phenols is 2. The molecule has 1 aromatic heterocycles. The predicted octanol–water partition coefficient (Wildman–Crippen LogP) is 4.05. The van der Waals surface area contributed by atoms with Crippen LogP contribution < -0.4 is 0 Å². The molecule has 3 rings (SSSR count). The zero-order valence-corrected chi connectivity index (χ0v) is 12.3. The third-order valence-electron chi connectivity index (χ3n) is 3.69. The first-order chi connectivity index (χ1) is 10.6. The molecule has 1 heterocycles. The molecule has 22 heavy (non-hydrogen) atoms. The van der Waals surface area contributed by atoms with Gasteiger partial charge in [0.15, 0.2) is 11.5 Å². The van der Waals surface area contributed by atoms with E-state index in [0.717, 1.165) is 12.8 Å². The van der Waals surface area contributed by atoms with Crippen molar-refractivity contribution in [1.82, 2.24) is 9.78 Å². The number of fused-ring (bicyclic) bond motifs is 1. The van der Waals surface area contributed by atoms with Crippen molar-refractivity contribution in [2.24, 2.45) is 0 Å². The molecule has 0 bridgehead atoms. The van der Waals surface area contributed by atoms with Gasteiger partial charge >= 0.3 is 0 Å². The average molecular weight is 300 g/mol. The van der Waals surface area contributed by atoms with Crippen molar-refractivity contribution in [3.63, 3.8) is 0 Å². The fourth-order valence-corrected chi connectivity index (χ4v) is 2.55. The minimum absolute atomic E-state index is 0.190. The summed E-state index contributed by atoms with van der Waals surface area (Å²) in [5.74, 6) is -0.717. The third kappa shape index (κ3) is 2.39. The largest absolute Gasteiger partial charge is 0.504 e. The molecule has 0 radical (unpaired) electrons. The van der Waals surface area contributed by atoms with Crippen molar-refractivity contribution >= 4 is 10.9 Å². The Labute approximate surface area is 127 Å². The van der Waals surface area contributed by atoms with E-state index in [0.29, 0.717) is 28.7 Å². The normalized spacial score (nSPS) is 11.2. The third-order valence-corrected chi connectivity index (χ3v) is 3.69. The maximum atomic E-state index is 14.2. The lowest BCUT2D eigenvalue weighted by molar-refractivity contribution is 0.404. The highest BCUT2D eigenvalue weighted by molar-refractivity contribution is 5.94. The molecular weight excluding hydrogens is 283 g/mol. The van der Waals surface area contributed by atoms with Crippen LogP contribution in [0.2, 0.25) is 0 Å². The number of phenolic OH excluding ortho intramolecular Hbond substituents is 2. The lowest BCUT2D eigenvalue weighted by atomic mass is 10.1. The fraction of sp³-hybridized carbons (Fsp3) is 0.235. The molecule has 0 aliphatic heterocycles. The first-order valence-corrected chi connectivity index (χ1v) is 7.29. The molecule has 0 fully saturated rings. The van der Waals surface area contributed by atoms with Crippen LogP contribution in [0.3, 0.4) is 0 Å². The second-order valence-electron chi connectivity index (χ2n) is 5.26.